The van der Waals surface area contributed by atoms with Gasteiger partial charge in [-0.2, -0.15) is 10.4 Å². The van der Waals surface area contributed by atoms with Crippen molar-refractivity contribution in [3.8, 4) is 17.5 Å². The molecule has 7 rings (SSSR count). The maximum Gasteiger partial charge on any atom is 0.254 e. The Morgan fingerprint density at radius 1 is 1.14 bits per heavy atom. The molecule has 4 aliphatic rings. The molecule has 0 unspecified atom stereocenters. The van der Waals surface area contributed by atoms with E-state index in [1.54, 1.807) is 16.8 Å². The van der Waals surface area contributed by atoms with Gasteiger partial charge in [0.05, 0.1) is 70.8 Å². The first-order valence-electron chi connectivity index (χ1n) is 12.7. The Bertz CT molecular complexity index is 1380. The van der Waals surface area contributed by atoms with Crippen LogP contribution in [0.4, 0.5) is 5.69 Å². The summed E-state index contributed by atoms with van der Waals surface area (Å²) in [6.07, 6.45) is 7.83. The fourth-order valence-electron chi connectivity index (χ4n) is 5.78. The zero-order valence-electron chi connectivity index (χ0n) is 20.5. The number of amides is 1. The number of ether oxygens (including phenoxy) is 1. The lowest BCUT2D eigenvalue weighted by Gasteiger charge is -2.51. The fraction of sp³-hybridized carbons (Fsp3) is 0.481. The highest BCUT2D eigenvalue weighted by molar-refractivity contribution is 6.00. The summed E-state index contributed by atoms with van der Waals surface area (Å²) in [6, 6.07) is 9.54. The number of carbonyl (C=O) groups is 1. The minimum absolute atomic E-state index is 0.0522. The maximum atomic E-state index is 13.3. The summed E-state index contributed by atoms with van der Waals surface area (Å²) in [6.45, 7) is 1.10. The lowest BCUT2D eigenvalue weighted by molar-refractivity contribution is -0.133. The molecule has 0 atom stereocenters. The van der Waals surface area contributed by atoms with E-state index in [-0.39, 0.29) is 18.1 Å². The second-order valence-corrected chi connectivity index (χ2v) is 11.0. The van der Waals surface area contributed by atoms with Crippen LogP contribution in [0.3, 0.4) is 0 Å². The lowest BCUT2D eigenvalue weighted by Crippen LogP contribution is -2.54. The van der Waals surface area contributed by atoms with E-state index >= 15 is 0 Å². The molecule has 3 saturated carbocycles. The van der Waals surface area contributed by atoms with E-state index in [0.717, 1.165) is 49.7 Å². The molecule has 3 aliphatic carbocycles. The number of aliphatic hydroxyl groups is 2. The molecule has 1 aliphatic heterocycles. The summed E-state index contributed by atoms with van der Waals surface area (Å²) in [5.74, 6) is -0.266. The Hall–Kier alpha value is -3.52. The normalized spacial score (nSPS) is 25.9. The first kappa shape index (κ1) is 23.9. The largest absolute Gasteiger partial charge is 0.396 e. The van der Waals surface area contributed by atoms with E-state index in [2.05, 4.69) is 26.8 Å². The molecule has 10 nitrogen and oxygen atoms in total. The predicted molar refractivity (Wildman–Crippen MR) is 135 cm³/mol. The van der Waals surface area contributed by atoms with Crippen LogP contribution < -0.4 is 10.6 Å². The Kier molecular flexibility index (Phi) is 5.67. The molecule has 10 heteroatoms. The number of carbonyl (C=O) groups excluding carboxylic acids is 1. The fourth-order valence-corrected chi connectivity index (χ4v) is 5.78. The van der Waals surface area contributed by atoms with Crippen LogP contribution in [0.15, 0.2) is 36.7 Å². The van der Waals surface area contributed by atoms with Crippen molar-refractivity contribution in [1.29, 1.82) is 5.26 Å². The number of rotatable bonds is 7. The highest BCUT2D eigenvalue weighted by atomic mass is 16.5. The van der Waals surface area contributed by atoms with Crippen LogP contribution in [0.1, 0.15) is 54.4 Å². The third-order valence-electron chi connectivity index (χ3n) is 8.42. The maximum absolute atomic E-state index is 13.3. The third kappa shape index (κ3) is 4.23. The molecule has 1 saturated heterocycles. The molecule has 3 aromatic rings. The van der Waals surface area contributed by atoms with Gasteiger partial charge in [-0.3, -0.25) is 9.78 Å². The minimum atomic E-state index is -0.560. The summed E-state index contributed by atoms with van der Waals surface area (Å²) in [4.78, 5) is 18.0. The summed E-state index contributed by atoms with van der Waals surface area (Å²) in [5.41, 5.74) is 2.58. The van der Waals surface area contributed by atoms with Crippen molar-refractivity contribution in [2.75, 3.05) is 31.7 Å². The second kappa shape index (κ2) is 8.80. The third-order valence-corrected chi connectivity index (χ3v) is 8.42. The molecule has 0 spiro atoms. The highest BCUT2D eigenvalue weighted by Gasteiger charge is 2.48. The second-order valence-electron chi connectivity index (χ2n) is 11.0. The van der Waals surface area contributed by atoms with Crippen molar-refractivity contribution < 1.29 is 19.7 Å². The molecule has 0 aromatic carbocycles. The van der Waals surface area contributed by atoms with Crippen molar-refractivity contribution in [2.45, 2.75) is 49.7 Å². The van der Waals surface area contributed by atoms with Gasteiger partial charge in [-0.05, 0) is 62.8 Å². The molecule has 37 heavy (non-hydrogen) atoms. The van der Waals surface area contributed by atoms with Gasteiger partial charge in [0.2, 0.25) is 0 Å². The van der Waals surface area contributed by atoms with Crippen LogP contribution in [-0.2, 0) is 4.74 Å². The zero-order valence-corrected chi connectivity index (χ0v) is 20.5. The van der Waals surface area contributed by atoms with Crippen molar-refractivity contribution in [3.63, 3.8) is 0 Å². The zero-order chi connectivity index (χ0) is 25.7. The van der Waals surface area contributed by atoms with Crippen molar-refractivity contribution in [3.05, 3.63) is 47.8 Å². The number of nitrogens with zero attached hydrogens (tertiary/aromatic N) is 4. The molecule has 0 radical (unpaired) electrons. The number of pyridine rings is 1. The molecule has 192 valence electrons. The molecule has 2 bridgehead atoms. The predicted octanol–water partition coefficient (Wildman–Crippen LogP) is 2.26. The van der Waals surface area contributed by atoms with Crippen LogP contribution >= 0.6 is 0 Å². The van der Waals surface area contributed by atoms with Crippen LogP contribution in [-0.4, -0.2) is 68.2 Å². The summed E-state index contributed by atoms with van der Waals surface area (Å²) in [7, 11) is 0. The van der Waals surface area contributed by atoms with Gasteiger partial charge in [-0.25, -0.2) is 4.52 Å². The SMILES string of the molecule is N#Cc1cnn2c(-c3cc(NC45CCC(O)(CC4)CC5)c(C(=O)NCC4(CO)COC4)cn3)ccc2c1. The minimum Gasteiger partial charge on any atom is -0.396 e. The summed E-state index contributed by atoms with van der Waals surface area (Å²) < 4.78 is 6.99. The van der Waals surface area contributed by atoms with E-state index < -0.39 is 11.0 Å². The van der Waals surface area contributed by atoms with Crippen molar-refractivity contribution >= 4 is 17.1 Å². The molecule has 1 amide bonds. The van der Waals surface area contributed by atoms with Crippen LogP contribution in [0.25, 0.3) is 16.9 Å². The number of nitriles is 1. The molecular formula is C27H30N6O4. The Morgan fingerprint density at radius 3 is 2.54 bits per heavy atom. The molecular weight excluding hydrogens is 472 g/mol. The average Bonchev–Trinajstić information content (AvgIpc) is 3.32. The van der Waals surface area contributed by atoms with Gasteiger partial charge in [0.15, 0.2) is 0 Å². The molecule has 4 N–H and O–H groups in total. The van der Waals surface area contributed by atoms with E-state index in [9.17, 15) is 20.3 Å². The van der Waals surface area contributed by atoms with Gasteiger partial charge < -0.3 is 25.6 Å². The molecule has 4 heterocycles. The number of hydrogen-bond donors (Lipinski definition) is 4. The highest BCUT2D eigenvalue weighted by Crippen LogP contribution is 2.48. The molecule has 3 aromatic heterocycles. The first-order valence-corrected chi connectivity index (χ1v) is 12.7. The van der Waals surface area contributed by atoms with Gasteiger partial charge in [-0.1, -0.05) is 0 Å². The topological polar surface area (TPSA) is 145 Å². The van der Waals surface area contributed by atoms with Gasteiger partial charge in [0, 0.05) is 18.3 Å². The van der Waals surface area contributed by atoms with E-state index in [1.807, 2.05) is 18.2 Å². The van der Waals surface area contributed by atoms with Gasteiger partial charge >= 0.3 is 0 Å². The van der Waals surface area contributed by atoms with E-state index in [0.29, 0.717) is 42.3 Å². The number of fused-ring (bicyclic) bond motifs is 4. The number of aromatic nitrogens is 3. The summed E-state index contributed by atoms with van der Waals surface area (Å²) in [5, 5.41) is 40.7. The number of aliphatic hydroxyl groups excluding tert-OH is 1. The number of hydrogen-bond acceptors (Lipinski definition) is 8. The Morgan fingerprint density at radius 2 is 1.89 bits per heavy atom. The van der Waals surface area contributed by atoms with Gasteiger partial charge in [0.1, 0.15) is 6.07 Å². The molecule has 4 fully saturated rings. The summed E-state index contributed by atoms with van der Waals surface area (Å²) >= 11 is 0. The first-order chi connectivity index (χ1) is 17.9. The Labute approximate surface area is 214 Å². The van der Waals surface area contributed by atoms with Gasteiger partial charge in [0.25, 0.3) is 5.91 Å². The Balaban J connectivity index is 1.34. The van der Waals surface area contributed by atoms with Crippen LogP contribution in [0.2, 0.25) is 0 Å². The standard InChI is InChI=1S/C27H30N6O4/c28-11-18-9-19-1-2-23(33(19)31-12-18)22-10-21(32-26-3-6-27(36,7-4-26)8-5-26)20(13-29-22)24(35)30-14-25(15-34)16-37-17-25/h1-2,9-10,12-13,34,36H,3-8,14-17H2,(H,29,32)(H,30,35). The van der Waals surface area contributed by atoms with Crippen molar-refractivity contribution in [2.24, 2.45) is 5.41 Å². The quantitative estimate of drug-likeness (QED) is 0.385. The van der Waals surface area contributed by atoms with Crippen LogP contribution in [0, 0.1) is 16.7 Å². The smallest absolute Gasteiger partial charge is 0.254 e. The number of anilines is 1. The van der Waals surface area contributed by atoms with Gasteiger partial charge in [-0.15, -0.1) is 0 Å². The van der Waals surface area contributed by atoms with Crippen molar-refractivity contribution in [1.82, 2.24) is 19.9 Å². The average molecular weight is 503 g/mol. The van der Waals surface area contributed by atoms with E-state index in [1.165, 1.54) is 6.20 Å². The van der Waals surface area contributed by atoms with E-state index in [4.69, 9.17) is 4.74 Å². The van der Waals surface area contributed by atoms with Crippen LogP contribution in [0.5, 0.6) is 0 Å². The lowest BCUT2D eigenvalue weighted by atomic mass is 9.63. The monoisotopic (exact) mass is 502 g/mol. The number of nitrogens with one attached hydrogen (secondary N) is 2.